The van der Waals surface area contributed by atoms with E-state index in [2.05, 4.69) is 142 Å². The van der Waals surface area contributed by atoms with Crippen LogP contribution in [0.2, 0.25) is 0 Å². The van der Waals surface area contributed by atoms with Crippen LogP contribution in [0.4, 0.5) is 0 Å². The highest BCUT2D eigenvalue weighted by atomic mass is 16.6. The minimum absolute atomic E-state index is 0.133. The number of esters is 3. The zero-order valence-corrected chi connectivity index (χ0v) is 44.5. The lowest BCUT2D eigenvalue weighted by molar-refractivity contribution is -0.167. The molecule has 0 aromatic rings. The molecule has 0 fully saturated rings. The van der Waals surface area contributed by atoms with Crippen LogP contribution >= 0.6 is 0 Å². The molecular weight excluding hydrogens is 853 g/mol. The predicted molar refractivity (Wildman–Crippen MR) is 297 cm³/mol. The Hall–Kier alpha value is -4.19. The third-order valence-electron chi connectivity index (χ3n) is 11.4. The average Bonchev–Trinajstić information content (AvgIpc) is 3.35. The van der Waals surface area contributed by atoms with E-state index in [1.54, 1.807) is 0 Å². The Morgan fingerprint density at radius 2 is 0.580 bits per heavy atom. The summed E-state index contributed by atoms with van der Waals surface area (Å²) < 4.78 is 16.7. The predicted octanol–water partition coefficient (Wildman–Crippen LogP) is 18.9. The normalized spacial score (nSPS) is 12.6. The van der Waals surface area contributed by atoms with Crippen LogP contribution in [0.3, 0.4) is 0 Å². The molecule has 0 aliphatic heterocycles. The average molecular weight is 956 g/mol. The molecule has 0 radical (unpaired) electrons. The lowest BCUT2D eigenvalue weighted by Crippen LogP contribution is -2.30. The maximum Gasteiger partial charge on any atom is 0.306 e. The van der Waals surface area contributed by atoms with E-state index in [4.69, 9.17) is 14.2 Å². The van der Waals surface area contributed by atoms with E-state index < -0.39 is 6.10 Å². The van der Waals surface area contributed by atoms with E-state index in [9.17, 15) is 14.4 Å². The molecule has 69 heavy (non-hydrogen) atoms. The van der Waals surface area contributed by atoms with Crippen LogP contribution in [-0.2, 0) is 28.6 Å². The smallest absolute Gasteiger partial charge is 0.306 e. The van der Waals surface area contributed by atoms with Crippen LogP contribution in [0.15, 0.2) is 122 Å². The van der Waals surface area contributed by atoms with Gasteiger partial charge in [0.05, 0.1) is 0 Å². The fourth-order valence-electron chi connectivity index (χ4n) is 7.23. The Morgan fingerprint density at radius 3 is 0.928 bits per heavy atom. The molecule has 0 aliphatic rings. The molecule has 0 atom stereocenters. The van der Waals surface area contributed by atoms with Gasteiger partial charge in [-0.2, -0.15) is 0 Å². The van der Waals surface area contributed by atoms with Crippen LogP contribution in [-0.4, -0.2) is 37.2 Å². The lowest BCUT2D eigenvalue weighted by atomic mass is 10.1. The molecule has 0 unspecified atom stereocenters. The maximum atomic E-state index is 12.8. The Kier molecular flexibility index (Phi) is 53.0. The highest BCUT2D eigenvalue weighted by Gasteiger charge is 2.19. The van der Waals surface area contributed by atoms with Gasteiger partial charge in [0, 0.05) is 19.3 Å². The first-order valence-electron chi connectivity index (χ1n) is 28.0. The van der Waals surface area contributed by atoms with Crippen molar-refractivity contribution < 1.29 is 28.6 Å². The molecule has 0 aliphatic carbocycles. The monoisotopic (exact) mass is 955 g/mol. The van der Waals surface area contributed by atoms with Crippen molar-refractivity contribution in [3.05, 3.63) is 122 Å². The fourth-order valence-corrected chi connectivity index (χ4v) is 7.23. The Balaban J connectivity index is 4.60. The van der Waals surface area contributed by atoms with Crippen LogP contribution in [0.5, 0.6) is 0 Å². The summed E-state index contributed by atoms with van der Waals surface area (Å²) >= 11 is 0. The first kappa shape index (κ1) is 64.8. The molecule has 0 aromatic carbocycles. The molecule has 0 saturated heterocycles. The number of unbranched alkanes of at least 4 members (excludes halogenated alkanes) is 18. The fraction of sp³-hybridized carbons (Fsp3) is 0.635. The van der Waals surface area contributed by atoms with Gasteiger partial charge in [-0.15, -0.1) is 0 Å². The molecule has 0 bridgehead atoms. The van der Waals surface area contributed by atoms with E-state index in [0.29, 0.717) is 12.8 Å². The number of rotatable bonds is 49. The summed E-state index contributed by atoms with van der Waals surface area (Å²) in [6.07, 6.45) is 77.7. The molecule has 0 spiro atoms. The van der Waals surface area contributed by atoms with Gasteiger partial charge >= 0.3 is 17.9 Å². The molecule has 6 heteroatoms. The van der Waals surface area contributed by atoms with Crippen LogP contribution in [0, 0.1) is 0 Å². The quantitative estimate of drug-likeness (QED) is 0.0262. The second-order valence-electron chi connectivity index (χ2n) is 18.1. The molecule has 0 rings (SSSR count). The maximum absolute atomic E-state index is 12.8. The van der Waals surface area contributed by atoms with E-state index in [-0.39, 0.29) is 50.4 Å². The second kappa shape index (κ2) is 56.4. The molecule has 0 heterocycles. The van der Waals surface area contributed by atoms with Crippen molar-refractivity contribution in [2.45, 2.75) is 245 Å². The zero-order chi connectivity index (χ0) is 50.0. The SMILES string of the molecule is CC/C=C\C/C=C\C/C=C\C/C=C\CCCCCCC(=O)OC(COC(=O)CCC/C=C\C/C=C\C/C=C\CCCCCCCC)COC(=O)CCC/C=C\C/C=C\C/C=C\CCCCCCCC. The summed E-state index contributed by atoms with van der Waals surface area (Å²) in [5, 5.41) is 0. The standard InChI is InChI=1S/C63H102O6/c1-4-7-10-13-16-19-22-25-28-31-34-37-40-43-46-49-52-55-61(64)67-58-60(69-63(66)57-54-51-48-45-42-39-36-33-30-27-24-21-18-15-12-9-6-3)59-68-62(65)56-53-50-47-44-41-38-35-32-29-26-23-20-17-14-11-8-5-2/h9,12,18,21,25-30,34-39,43-44,46-47,60H,4-8,10-11,13-17,19-20,22-24,31-33,40-42,45,48-59H2,1-3H3/b12-9-,21-18-,28-25-,29-26-,30-27-,37-34-,38-35-,39-36-,46-43-,47-44-. The molecule has 0 aromatic heterocycles. The second-order valence-corrected chi connectivity index (χ2v) is 18.1. The highest BCUT2D eigenvalue weighted by Crippen LogP contribution is 2.12. The summed E-state index contributed by atoms with van der Waals surface area (Å²) in [5.41, 5.74) is 0. The summed E-state index contributed by atoms with van der Waals surface area (Å²) in [5.74, 6) is -1.06. The molecule has 0 saturated carbocycles. The number of carbonyl (C=O) groups excluding carboxylic acids is 3. The van der Waals surface area contributed by atoms with Crippen molar-refractivity contribution in [3.63, 3.8) is 0 Å². The van der Waals surface area contributed by atoms with Crippen molar-refractivity contribution in [1.82, 2.24) is 0 Å². The van der Waals surface area contributed by atoms with Gasteiger partial charge in [-0.05, 0) is 122 Å². The Morgan fingerprint density at radius 1 is 0.304 bits per heavy atom. The van der Waals surface area contributed by atoms with E-state index in [0.717, 1.165) is 96.3 Å². The number of carbonyl (C=O) groups is 3. The third kappa shape index (κ3) is 54.6. The van der Waals surface area contributed by atoms with E-state index in [1.807, 2.05) is 0 Å². The number of hydrogen-bond acceptors (Lipinski definition) is 6. The van der Waals surface area contributed by atoms with Crippen LogP contribution in [0.25, 0.3) is 0 Å². The first-order valence-corrected chi connectivity index (χ1v) is 28.0. The van der Waals surface area contributed by atoms with Crippen LogP contribution < -0.4 is 0 Å². The molecule has 0 amide bonds. The van der Waals surface area contributed by atoms with Crippen molar-refractivity contribution >= 4 is 17.9 Å². The van der Waals surface area contributed by atoms with Gasteiger partial charge in [0.25, 0.3) is 0 Å². The van der Waals surface area contributed by atoms with Crippen LogP contribution in [0.1, 0.15) is 239 Å². The molecule has 390 valence electrons. The highest BCUT2D eigenvalue weighted by molar-refractivity contribution is 5.71. The van der Waals surface area contributed by atoms with Crippen molar-refractivity contribution in [2.75, 3.05) is 13.2 Å². The van der Waals surface area contributed by atoms with Gasteiger partial charge in [-0.3, -0.25) is 14.4 Å². The first-order chi connectivity index (χ1) is 34.0. The van der Waals surface area contributed by atoms with Gasteiger partial charge in [0.1, 0.15) is 13.2 Å². The number of allylic oxidation sites excluding steroid dienone is 20. The summed E-state index contributed by atoms with van der Waals surface area (Å²) in [6, 6.07) is 0. The van der Waals surface area contributed by atoms with E-state index in [1.165, 1.54) is 89.9 Å². The van der Waals surface area contributed by atoms with Crippen molar-refractivity contribution in [3.8, 4) is 0 Å². The van der Waals surface area contributed by atoms with Crippen molar-refractivity contribution in [2.24, 2.45) is 0 Å². The van der Waals surface area contributed by atoms with Crippen molar-refractivity contribution in [1.29, 1.82) is 0 Å². The van der Waals surface area contributed by atoms with Gasteiger partial charge in [-0.25, -0.2) is 0 Å². The largest absolute Gasteiger partial charge is 0.462 e. The minimum atomic E-state index is -0.835. The topological polar surface area (TPSA) is 78.9 Å². The van der Waals surface area contributed by atoms with Gasteiger partial charge in [0.2, 0.25) is 0 Å². The summed E-state index contributed by atoms with van der Waals surface area (Å²) in [6.45, 7) is 6.40. The summed E-state index contributed by atoms with van der Waals surface area (Å²) in [7, 11) is 0. The van der Waals surface area contributed by atoms with Gasteiger partial charge in [0.15, 0.2) is 6.10 Å². The zero-order valence-electron chi connectivity index (χ0n) is 44.5. The molecule has 6 nitrogen and oxygen atoms in total. The Labute approximate surface area is 424 Å². The Bertz CT molecular complexity index is 1400. The minimum Gasteiger partial charge on any atom is -0.462 e. The summed E-state index contributed by atoms with van der Waals surface area (Å²) in [4.78, 5) is 38.1. The molecule has 0 N–H and O–H groups in total. The van der Waals surface area contributed by atoms with Gasteiger partial charge < -0.3 is 14.2 Å². The number of ether oxygens (including phenoxy) is 3. The molecular formula is C63H102O6. The van der Waals surface area contributed by atoms with Gasteiger partial charge in [-0.1, -0.05) is 219 Å². The number of hydrogen-bond donors (Lipinski definition) is 0. The third-order valence-corrected chi connectivity index (χ3v) is 11.4. The van der Waals surface area contributed by atoms with E-state index >= 15 is 0 Å². The lowest BCUT2D eigenvalue weighted by Gasteiger charge is -2.18.